The molecule has 3 N–H and O–H groups in total. The first-order valence-electron chi connectivity index (χ1n) is 7.38. The second-order valence-electron chi connectivity index (χ2n) is 5.24. The maximum atomic E-state index is 11.7. The summed E-state index contributed by atoms with van der Waals surface area (Å²) in [4.78, 5) is 11.7. The molecular formula is C15H20ClN3O3S. The standard InChI is InChI=1S/C15H20ClN3O3S/c1-10-4-5-12(16)13(7-10)22-9-14(20)18-19-15(23)17-8-11-3-2-6-21-11/h4-5,7,11H,2-3,6,8-9H2,1H3,(H,18,20)(H2,17,19,23)/t11-/m0/s1. The highest BCUT2D eigenvalue weighted by molar-refractivity contribution is 7.80. The lowest BCUT2D eigenvalue weighted by Gasteiger charge is -2.15. The number of halogens is 1. The minimum absolute atomic E-state index is 0.162. The first-order valence-corrected chi connectivity index (χ1v) is 8.16. The number of carbonyl (C=O) groups is 1. The van der Waals surface area contributed by atoms with Gasteiger partial charge in [0.1, 0.15) is 5.75 Å². The van der Waals surface area contributed by atoms with E-state index in [0.717, 1.165) is 25.0 Å². The number of thiocarbonyl (C=S) groups is 1. The van der Waals surface area contributed by atoms with Crippen LogP contribution in [0.5, 0.6) is 5.75 Å². The van der Waals surface area contributed by atoms with Gasteiger partial charge >= 0.3 is 0 Å². The third-order valence-electron chi connectivity index (χ3n) is 3.28. The number of amides is 1. The monoisotopic (exact) mass is 357 g/mol. The lowest BCUT2D eigenvalue weighted by atomic mass is 10.2. The molecule has 0 spiro atoms. The van der Waals surface area contributed by atoms with Crippen molar-refractivity contribution in [2.24, 2.45) is 0 Å². The Morgan fingerprint density at radius 2 is 2.30 bits per heavy atom. The van der Waals surface area contributed by atoms with E-state index < -0.39 is 0 Å². The molecule has 6 nitrogen and oxygen atoms in total. The molecular weight excluding hydrogens is 338 g/mol. The lowest BCUT2D eigenvalue weighted by molar-refractivity contribution is -0.123. The lowest BCUT2D eigenvalue weighted by Crippen LogP contribution is -2.49. The highest BCUT2D eigenvalue weighted by Crippen LogP contribution is 2.24. The zero-order valence-corrected chi connectivity index (χ0v) is 14.4. The van der Waals surface area contributed by atoms with E-state index in [1.54, 1.807) is 12.1 Å². The van der Waals surface area contributed by atoms with E-state index in [9.17, 15) is 4.79 Å². The minimum atomic E-state index is -0.358. The summed E-state index contributed by atoms with van der Waals surface area (Å²) in [6.45, 7) is 3.17. The van der Waals surface area contributed by atoms with E-state index in [1.807, 2.05) is 13.0 Å². The van der Waals surface area contributed by atoms with Gasteiger partial charge in [0.25, 0.3) is 5.91 Å². The number of hydrazine groups is 1. The molecule has 1 heterocycles. The Hall–Kier alpha value is -1.57. The van der Waals surface area contributed by atoms with Crippen LogP contribution in [0.2, 0.25) is 5.02 Å². The fraction of sp³-hybridized carbons (Fsp3) is 0.467. The van der Waals surface area contributed by atoms with Crippen LogP contribution >= 0.6 is 23.8 Å². The highest BCUT2D eigenvalue weighted by Gasteiger charge is 2.15. The van der Waals surface area contributed by atoms with Crippen LogP contribution in [0, 0.1) is 6.92 Å². The third kappa shape index (κ3) is 6.21. The molecule has 1 amide bonds. The summed E-state index contributed by atoms with van der Waals surface area (Å²) >= 11 is 11.1. The third-order valence-corrected chi connectivity index (χ3v) is 3.83. The van der Waals surface area contributed by atoms with E-state index >= 15 is 0 Å². The molecule has 1 aromatic carbocycles. The van der Waals surface area contributed by atoms with Gasteiger partial charge in [0.05, 0.1) is 11.1 Å². The summed E-state index contributed by atoms with van der Waals surface area (Å²) in [5, 5.41) is 3.79. The Kier molecular flexibility index (Phi) is 6.88. The van der Waals surface area contributed by atoms with Crippen molar-refractivity contribution < 1.29 is 14.3 Å². The van der Waals surface area contributed by atoms with Crippen LogP contribution in [0.1, 0.15) is 18.4 Å². The van der Waals surface area contributed by atoms with Crippen molar-refractivity contribution in [1.82, 2.24) is 16.2 Å². The first-order chi connectivity index (χ1) is 11.0. The largest absolute Gasteiger partial charge is 0.482 e. The number of nitrogens with one attached hydrogen (secondary N) is 3. The predicted octanol–water partition coefficient (Wildman–Crippen LogP) is 1.70. The number of carbonyl (C=O) groups excluding carboxylic acids is 1. The summed E-state index contributed by atoms with van der Waals surface area (Å²) < 4.78 is 10.9. The molecule has 1 atom stereocenters. The maximum Gasteiger partial charge on any atom is 0.276 e. The van der Waals surface area contributed by atoms with Crippen LogP contribution in [0.3, 0.4) is 0 Å². The van der Waals surface area contributed by atoms with Crippen molar-refractivity contribution in [2.45, 2.75) is 25.9 Å². The molecule has 0 bridgehead atoms. The predicted molar refractivity (Wildman–Crippen MR) is 92.5 cm³/mol. The summed E-state index contributed by atoms with van der Waals surface area (Å²) in [6, 6.07) is 5.37. The zero-order chi connectivity index (χ0) is 16.7. The van der Waals surface area contributed by atoms with Crippen LogP contribution in [0.15, 0.2) is 18.2 Å². The molecule has 1 aromatic rings. The van der Waals surface area contributed by atoms with Gasteiger partial charge in [-0.1, -0.05) is 17.7 Å². The normalized spacial score (nSPS) is 16.7. The Balaban J connectivity index is 1.64. The van der Waals surface area contributed by atoms with Gasteiger partial charge in [-0.2, -0.15) is 0 Å². The van der Waals surface area contributed by atoms with Crippen molar-refractivity contribution in [3.05, 3.63) is 28.8 Å². The Morgan fingerprint density at radius 1 is 1.48 bits per heavy atom. The van der Waals surface area contributed by atoms with Gasteiger partial charge in [0.15, 0.2) is 11.7 Å². The van der Waals surface area contributed by atoms with E-state index in [-0.39, 0.29) is 18.6 Å². The van der Waals surface area contributed by atoms with Crippen molar-refractivity contribution in [1.29, 1.82) is 0 Å². The number of aryl methyl sites for hydroxylation is 1. The second-order valence-corrected chi connectivity index (χ2v) is 6.06. The molecule has 8 heteroatoms. The number of hydrogen-bond donors (Lipinski definition) is 3. The van der Waals surface area contributed by atoms with Crippen LogP contribution in [0.4, 0.5) is 0 Å². The van der Waals surface area contributed by atoms with Crippen LogP contribution in [-0.2, 0) is 9.53 Å². The summed E-state index contributed by atoms with van der Waals surface area (Å²) in [5.74, 6) is 0.115. The SMILES string of the molecule is Cc1ccc(Cl)c(OCC(=O)NNC(=S)NC[C@@H]2CCCO2)c1. The molecule has 1 aliphatic rings. The topological polar surface area (TPSA) is 71.6 Å². The number of ether oxygens (including phenoxy) is 2. The Labute approximate surface area is 145 Å². The molecule has 2 rings (SSSR count). The van der Waals surface area contributed by atoms with Crippen molar-refractivity contribution in [2.75, 3.05) is 19.8 Å². The van der Waals surface area contributed by atoms with Gasteiger partial charge < -0.3 is 14.8 Å². The van der Waals surface area contributed by atoms with Crippen LogP contribution in [-0.4, -0.2) is 36.9 Å². The van der Waals surface area contributed by atoms with Gasteiger partial charge in [-0.05, 0) is 49.7 Å². The maximum absolute atomic E-state index is 11.7. The molecule has 1 saturated heterocycles. The molecule has 0 aliphatic carbocycles. The smallest absolute Gasteiger partial charge is 0.276 e. The summed E-state index contributed by atoms with van der Waals surface area (Å²) in [6.07, 6.45) is 2.27. The molecule has 0 unspecified atom stereocenters. The van der Waals surface area contributed by atoms with Gasteiger partial charge in [0, 0.05) is 13.2 Å². The molecule has 0 radical (unpaired) electrons. The molecule has 1 aliphatic heterocycles. The second kappa shape index (κ2) is 8.90. The zero-order valence-electron chi connectivity index (χ0n) is 12.9. The van der Waals surface area contributed by atoms with Crippen molar-refractivity contribution in [3.8, 4) is 5.75 Å². The van der Waals surface area contributed by atoms with Gasteiger partial charge in [-0.15, -0.1) is 0 Å². The number of rotatable bonds is 5. The van der Waals surface area contributed by atoms with Crippen LogP contribution < -0.4 is 20.9 Å². The van der Waals surface area contributed by atoms with Crippen molar-refractivity contribution in [3.63, 3.8) is 0 Å². The van der Waals surface area contributed by atoms with E-state index in [2.05, 4.69) is 16.2 Å². The molecule has 23 heavy (non-hydrogen) atoms. The highest BCUT2D eigenvalue weighted by atomic mass is 35.5. The quantitative estimate of drug-likeness (QED) is 0.550. The first kappa shape index (κ1) is 17.8. The average molecular weight is 358 g/mol. The Morgan fingerprint density at radius 3 is 3.04 bits per heavy atom. The van der Waals surface area contributed by atoms with E-state index in [0.29, 0.717) is 22.4 Å². The van der Waals surface area contributed by atoms with Crippen LogP contribution in [0.25, 0.3) is 0 Å². The summed E-state index contributed by atoms with van der Waals surface area (Å²) in [7, 11) is 0. The van der Waals surface area contributed by atoms with Gasteiger partial charge in [-0.3, -0.25) is 15.6 Å². The number of benzene rings is 1. The number of hydrogen-bond acceptors (Lipinski definition) is 4. The molecule has 126 valence electrons. The van der Waals surface area contributed by atoms with E-state index in [4.69, 9.17) is 33.3 Å². The molecule has 0 saturated carbocycles. The fourth-order valence-electron chi connectivity index (χ4n) is 2.08. The van der Waals surface area contributed by atoms with Gasteiger partial charge in [-0.25, -0.2) is 0 Å². The summed E-state index contributed by atoms with van der Waals surface area (Å²) in [5.41, 5.74) is 6.08. The average Bonchev–Trinajstić information content (AvgIpc) is 3.05. The minimum Gasteiger partial charge on any atom is -0.482 e. The van der Waals surface area contributed by atoms with Crippen molar-refractivity contribution >= 4 is 34.8 Å². The molecule has 1 fully saturated rings. The fourth-order valence-corrected chi connectivity index (χ4v) is 2.39. The van der Waals surface area contributed by atoms with Gasteiger partial charge in [0.2, 0.25) is 0 Å². The molecule has 0 aromatic heterocycles. The Bertz CT molecular complexity index is 565. The van der Waals surface area contributed by atoms with E-state index in [1.165, 1.54) is 0 Å².